The minimum Gasteiger partial charge on any atom is -0.478 e. The second kappa shape index (κ2) is 10.4. The van der Waals surface area contributed by atoms with Crippen LogP contribution < -0.4 is 16.8 Å². The van der Waals surface area contributed by atoms with E-state index in [1.54, 1.807) is 30.5 Å². The van der Waals surface area contributed by atoms with Gasteiger partial charge in [0.15, 0.2) is 0 Å². The molecule has 1 atom stereocenters. The molecule has 6 N–H and O–H groups in total. The first-order valence-electron chi connectivity index (χ1n) is 11.1. The van der Waals surface area contributed by atoms with Crippen molar-refractivity contribution in [1.29, 1.82) is 0 Å². The fraction of sp³-hybridized carbons (Fsp3) is 0.240. The number of hydrogen-bond donors (Lipinski definition) is 4. The Morgan fingerprint density at radius 3 is 2.81 bits per heavy atom. The molecule has 0 aliphatic heterocycles. The lowest BCUT2D eigenvalue weighted by Crippen LogP contribution is -2.13. The number of nitrogen functional groups attached to an aromatic ring is 1. The molecule has 3 aromatic rings. The smallest absolute Gasteiger partial charge is 0.416 e. The highest BCUT2D eigenvalue weighted by Crippen LogP contribution is 2.40. The van der Waals surface area contributed by atoms with Crippen LogP contribution in [0.2, 0.25) is 0 Å². The van der Waals surface area contributed by atoms with Crippen molar-refractivity contribution in [2.24, 2.45) is 5.73 Å². The lowest BCUT2D eigenvalue weighted by atomic mass is 9.82. The van der Waals surface area contributed by atoms with Crippen LogP contribution in [0.25, 0.3) is 10.6 Å². The molecule has 36 heavy (non-hydrogen) atoms. The van der Waals surface area contributed by atoms with Gasteiger partial charge < -0.3 is 21.9 Å². The maximum absolute atomic E-state index is 13.0. The van der Waals surface area contributed by atoms with Crippen molar-refractivity contribution in [3.63, 3.8) is 0 Å². The third-order valence-electron chi connectivity index (χ3n) is 5.83. The van der Waals surface area contributed by atoms with E-state index in [1.165, 1.54) is 11.3 Å². The van der Waals surface area contributed by atoms with E-state index in [0.29, 0.717) is 17.2 Å². The Kier molecular flexibility index (Phi) is 7.30. The molecule has 2 aromatic heterocycles. The average molecular weight is 516 g/mol. The summed E-state index contributed by atoms with van der Waals surface area (Å²) in [5.41, 5.74) is 13.6. The van der Waals surface area contributed by atoms with Crippen molar-refractivity contribution in [2.75, 3.05) is 17.6 Å². The van der Waals surface area contributed by atoms with Crippen LogP contribution in [0.15, 0.2) is 60.5 Å². The number of nitrogens with zero attached hydrogens (tertiary/aromatic N) is 2. The number of carboxylic acids is 1. The summed E-state index contributed by atoms with van der Waals surface area (Å²) in [6.07, 6.45) is 2.45. The number of aromatic carboxylic acids is 1. The summed E-state index contributed by atoms with van der Waals surface area (Å²) in [7, 11) is 0. The number of benzene rings is 1. The number of pyridine rings is 1. The first-order chi connectivity index (χ1) is 17.2. The van der Waals surface area contributed by atoms with E-state index in [2.05, 4.69) is 15.3 Å². The number of aryl methyl sites for hydroxylation is 1. The predicted molar refractivity (Wildman–Crippen MR) is 134 cm³/mol. The average Bonchev–Trinajstić information content (AvgIpc) is 3.32. The molecule has 0 radical (unpaired) electrons. The summed E-state index contributed by atoms with van der Waals surface area (Å²) in [5, 5.41) is 13.0. The maximum atomic E-state index is 13.0. The molecule has 0 fully saturated rings. The Morgan fingerprint density at radius 2 is 2.08 bits per heavy atom. The van der Waals surface area contributed by atoms with Gasteiger partial charge in [0.1, 0.15) is 10.8 Å². The van der Waals surface area contributed by atoms with Crippen molar-refractivity contribution < 1.29 is 23.1 Å². The zero-order chi connectivity index (χ0) is 25.9. The van der Waals surface area contributed by atoms with Gasteiger partial charge in [-0.05, 0) is 60.9 Å². The first-order valence-corrected chi connectivity index (χ1v) is 12.0. The summed E-state index contributed by atoms with van der Waals surface area (Å²) in [6, 6.07) is 8.45. The fourth-order valence-electron chi connectivity index (χ4n) is 4.19. The van der Waals surface area contributed by atoms with E-state index in [9.17, 15) is 23.1 Å². The van der Waals surface area contributed by atoms with Gasteiger partial charge >= 0.3 is 12.1 Å². The van der Waals surface area contributed by atoms with Gasteiger partial charge in [-0.2, -0.15) is 13.2 Å². The van der Waals surface area contributed by atoms with Crippen LogP contribution in [-0.2, 0) is 6.42 Å². The number of thiazole rings is 1. The molecule has 1 aliphatic rings. The third-order valence-corrected chi connectivity index (χ3v) is 6.97. The molecule has 0 spiro atoms. The molecule has 0 amide bonds. The Bertz CT molecular complexity index is 1330. The van der Waals surface area contributed by atoms with Crippen molar-refractivity contribution in [3.05, 3.63) is 82.2 Å². The molecule has 1 unspecified atom stereocenters. The number of nitrogens with one attached hydrogen (secondary N) is 1. The van der Waals surface area contributed by atoms with Gasteiger partial charge in [-0.3, -0.25) is 0 Å². The van der Waals surface area contributed by atoms with E-state index in [0.717, 1.165) is 58.6 Å². The number of nitrogens with two attached hydrogens (primary N) is 2. The minimum absolute atomic E-state index is 0.0514. The number of halogens is 3. The van der Waals surface area contributed by atoms with Crippen molar-refractivity contribution in [1.82, 2.24) is 9.97 Å². The third kappa shape index (κ3) is 5.68. The van der Waals surface area contributed by atoms with E-state index < -0.39 is 17.7 Å². The molecule has 0 saturated heterocycles. The van der Waals surface area contributed by atoms with E-state index in [4.69, 9.17) is 11.5 Å². The molecule has 0 bridgehead atoms. The van der Waals surface area contributed by atoms with Gasteiger partial charge in [0.2, 0.25) is 0 Å². The second-order valence-electron chi connectivity index (χ2n) is 8.29. The first kappa shape index (κ1) is 25.2. The zero-order valence-electron chi connectivity index (χ0n) is 19.0. The normalized spacial score (nSPS) is 16.2. The summed E-state index contributed by atoms with van der Waals surface area (Å²) in [4.78, 5) is 21.2. The monoisotopic (exact) mass is 515 g/mol. The quantitative estimate of drug-likeness (QED) is 0.313. The highest BCUT2D eigenvalue weighted by atomic mass is 32.1. The minimum atomic E-state index is -4.52. The topological polar surface area (TPSA) is 127 Å². The number of carboxylic acid groups (broad SMARTS) is 1. The molecule has 11 heteroatoms. The Balaban J connectivity index is 1.55. The van der Waals surface area contributed by atoms with Crippen LogP contribution in [0.5, 0.6) is 0 Å². The lowest BCUT2D eigenvalue weighted by molar-refractivity contribution is -0.0883. The molecule has 188 valence electrons. The number of aromatic nitrogens is 2. The number of fused-ring (bicyclic) bond motifs is 1. The summed E-state index contributed by atoms with van der Waals surface area (Å²) in [5.74, 6) is -0.566. The summed E-state index contributed by atoms with van der Waals surface area (Å²) < 4.78 is 39.0. The maximum Gasteiger partial charge on any atom is 0.416 e. The van der Waals surface area contributed by atoms with Gasteiger partial charge in [0.25, 0.3) is 0 Å². The molecular formula is C25H24F3N5O2S. The number of rotatable bonds is 7. The van der Waals surface area contributed by atoms with Crippen LogP contribution in [-0.4, -0.2) is 33.8 Å². The molecule has 4 rings (SSSR count). The van der Waals surface area contributed by atoms with E-state index in [1.807, 2.05) is 6.07 Å². The number of alkyl halides is 3. The SMILES string of the molecule is N/C=C\C(=C/CNc1cc(N)cc(-c2cnc(C3CCCc4cc(C(=O)O)ccc43)s2)n1)C(F)(F)F. The Morgan fingerprint density at radius 1 is 1.28 bits per heavy atom. The van der Waals surface area contributed by atoms with E-state index in [-0.39, 0.29) is 18.0 Å². The molecular weight excluding hydrogens is 491 g/mol. The molecule has 0 saturated carbocycles. The van der Waals surface area contributed by atoms with Crippen molar-refractivity contribution in [3.8, 4) is 10.6 Å². The number of allylic oxidation sites excluding steroid dienone is 2. The summed E-state index contributed by atoms with van der Waals surface area (Å²) in [6.45, 7) is -0.125. The van der Waals surface area contributed by atoms with Gasteiger partial charge in [0.05, 0.1) is 21.7 Å². The zero-order valence-corrected chi connectivity index (χ0v) is 19.9. The Labute approximate surface area is 209 Å². The number of anilines is 2. The number of hydrogen-bond acceptors (Lipinski definition) is 7. The van der Waals surface area contributed by atoms with E-state index >= 15 is 0 Å². The van der Waals surface area contributed by atoms with Gasteiger partial charge in [-0.1, -0.05) is 12.1 Å². The molecule has 1 aromatic carbocycles. The van der Waals surface area contributed by atoms with Crippen LogP contribution in [0, 0.1) is 0 Å². The Hall–Kier alpha value is -3.86. The van der Waals surface area contributed by atoms with Crippen LogP contribution in [0.4, 0.5) is 24.7 Å². The predicted octanol–water partition coefficient (Wildman–Crippen LogP) is 5.33. The van der Waals surface area contributed by atoms with Gasteiger partial charge in [-0.25, -0.2) is 14.8 Å². The molecule has 2 heterocycles. The fourth-order valence-corrected chi connectivity index (χ4v) is 5.22. The lowest BCUT2D eigenvalue weighted by Gasteiger charge is -2.24. The number of carbonyl (C=O) groups is 1. The molecule has 1 aliphatic carbocycles. The van der Waals surface area contributed by atoms with Crippen molar-refractivity contribution >= 4 is 28.8 Å². The van der Waals surface area contributed by atoms with Gasteiger partial charge in [0, 0.05) is 30.4 Å². The highest BCUT2D eigenvalue weighted by molar-refractivity contribution is 7.15. The summed E-state index contributed by atoms with van der Waals surface area (Å²) >= 11 is 1.47. The molecule has 7 nitrogen and oxygen atoms in total. The highest BCUT2D eigenvalue weighted by Gasteiger charge is 2.31. The second-order valence-corrected chi connectivity index (χ2v) is 9.36. The van der Waals surface area contributed by atoms with Crippen LogP contribution in [0.3, 0.4) is 0 Å². The van der Waals surface area contributed by atoms with Crippen molar-refractivity contribution in [2.45, 2.75) is 31.4 Å². The van der Waals surface area contributed by atoms with Crippen LogP contribution >= 0.6 is 11.3 Å². The largest absolute Gasteiger partial charge is 0.478 e. The van der Waals surface area contributed by atoms with Crippen LogP contribution in [0.1, 0.15) is 45.3 Å². The standard InChI is InChI=1S/C25H24F3N5O2S/c26-25(27,28)16(6-8-29)7-9-31-22-12-17(30)11-20(33-22)21-13-32-23(36-21)19-3-1-2-14-10-15(24(34)35)4-5-18(14)19/h4-8,10-13,19H,1-3,9,29H2,(H,34,35)(H3,30,31,33)/b8-6-,16-7+. The van der Waals surface area contributed by atoms with Gasteiger partial charge in [-0.15, -0.1) is 11.3 Å².